The van der Waals surface area contributed by atoms with E-state index in [9.17, 15) is 50.4 Å². The van der Waals surface area contributed by atoms with Crippen molar-refractivity contribution in [2.45, 2.75) is 160 Å². The van der Waals surface area contributed by atoms with Crippen molar-refractivity contribution in [3.05, 3.63) is 11.6 Å². The van der Waals surface area contributed by atoms with Gasteiger partial charge < -0.3 is 64.5 Å². The molecule has 0 bridgehead atoms. The molecule has 2 aliphatic heterocycles. The molecule has 15 heteroatoms. The maximum absolute atomic E-state index is 14.7. The van der Waals surface area contributed by atoms with Gasteiger partial charge in [-0.3, -0.25) is 9.59 Å². The third-order valence-corrected chi connectivity index (χ3v) is 17.4. The number of allylic oxidation sites excluding steroid dienone is 2. The van der Waals surface area contributed by atoms with Gasteiger partial charge in [0.15, 0.2) is 6.29 Å². The third kappa shape index (κ3) is 6.30. The zero-order valence-corrected chi connectivity index (χ0v) is 34.2. The second-order valence-electron chi connectivity index (χ2n) is 19.9. The van der Waals surface area contributed by atoms with Crippen molar-refractivity contribution in [1.29, 1.82) is 0 Å². The first-order chi connectivity index (χ1) is 26.7. The first-order valence-corrected chi connectivity index (χ1v) is 20.9. The summed E-state index contributed by atoms with van der Waals surface area (Å²) in [5.41, 5.74) is -2.43. The molecule has 5 aliphatic carbocycles. The molecule has 0 aromatic heterocycles. The van der Waals surface area contributed by atoms with Crippen LogP contribution < -0.4 is 0 Å². The van der Waals surface area contributed by atoms with Crippen LogP contribution in [0.4, 0.5) is 0 Å². The number of fused-ring (bicyclic) bond motifs is 7. The third-order valence-electron chi connectivity index (χ3n) is 17.4. The van der Waals surface area contributed by atoms with Gasteiger partial charge in [0.05, 0.1) is 43.9 Å². The van der Waals surface area contributed by atoms with E-state index in [1.54, 1.807) is 0 Å². The number of ether oxygens (including phenoxy) is 5. The first kappa shape index (κ1) is 43.3. The molecule has 8 N–H and O–H groups in total. The van der Waals surface area contributed by atoms with E-state index in [2.05, 4.69) is 26.8 Å². The lowest BCUT2D eigenvalue weighted by molar-refractivity contribution is -0.312. The van der Waals surface area contributed by atoms with Crippen molar-refractivity contribution in [2.24, 2.45) is 50.2 Å². The summed E-state index contributed by atoms with van der Waals surface area (Å²) in [5.74, 6) is -1.16. The van der Waals surface area contributed by atoms with Crippen LogP contribution in [0, 0.1) is 50.2 Å². The Morgan fingerprint density at radius 2 is 1.47 bits per heavy atom. The molecule has 0 unspecified atom stereocenters. The number of rotatable bonds is 7. The Balaban J connectivity index is 1.21. The van der Waals surface area contributed by atoms with Crippen molar-refractivity contribution in [1.82, 2.24) is 0 Å². The standard InChI is InChI=1S/C42H66O15/c1-37(35(51)53-6)13-15-42(36(52)57-34-32(50)30(48)29(47)24(18-43)55-34)16-14-40(4)21(22(42)17-37)7-8-26-38(2)11-10-27(56-33-31(49)28(46)23(45)19-54-33)39(3,20-44)25(38)9-12-41(26,40)5/h7,22-34,43-50H,8-20H2,1-6H3/t22-,23+,24-,25+,26-,27-,28+,29-,30+,31-,32-,33+,34+,37-,38+,39+,40-,41+,42+/m1/s1. The fourth-order valence-electron chi connectivity index (χ4n) is 13.6. The van der Waals surface area contributed by atoms with Crippen LogP contribution in [0.25, 0.3) is 0 Å². The molecule has 15 nitrogen and oxygen atoms in total. The number of hydrogen-bond acceptors (Lipinski definition) is 15. The van der Waals surface area contributed by atoms with Crippen molar-refractivity contribution < 1.29 is 74.1 Å². The molecular formula is C42H66O15. The van der Waals surface area contributed by atoms with Crippen LogP contribution in [0.5, 0.6) is 0 Å². The monoisotopic (exact) mass is 810 g/mol. The lowest BCUT2D eigenvalue weighted by Crippen LogP contribution is -2.67. The zero-order valence-electron chi connectivity index (χ0n) is 34.2. The molecule has 19 atom stereocenters. The summed E-state index contributed by atoms with van der Waals surface area (Å²) in [7, 11) is 1.37. The highest BCUT2D eigenvalue weighted by atomic mass is 16.7. The minimum atomic E-state index is -1.74. The lowest BCUT2D eigenvalue weighted by Gasteiger charge is -2.71. The summed E-state index contributed by atoms with van der Waals surface area (Å²) >= 11 is 0. The van der Waals surface area contributed by atoms with Crippen LogP contribution in [0.2, 0.25) is 0 Å². The van der Waals surface area contributed by atoms with Crippen molar-refractivity contribution >= 4 is 11.9 Å². The Labute approximate surface area is 334 Å². The molecule has 7 aliphatic rings. The molecule has 0 amide bonds. The summed E-state index contributed by atoms with van der Waals surface area (Å²) in [6, 6.07) is 0. The highest BCUT2D eigenvalue weighted by Gasteiger charge is 2.71. The Morgan fingerprint density at radius 1 is 0.789 bits per heavy atom. The minimum absolute atomic E-state index is 0.0371. The van der Waals surface area contributed by atoms with Gasteiger partial charge in [-0.2, -0.15) is 0 Å². The second-order valence-corrected chi connectivity index (χ2v) is 19.9. The summed E-state index contributed by atoms with van der Waals surface area (Å²) in [6.07, 6.45) is -5.49. The van der Waals surface area contributed by atoms with Gasteiger partial charge in [-0.1, -0.05) is 39.3 Å². The molecule has 6 fully saturated rings. The quantitative estimate of drug-likeness (QED) is 0.102. The molecular weight excluding hydrogens is 744 g/mol. The summed E-state index contributed by atoms with van der Waals surface area (Å²) in [5, 5.41) is 83.6. The van der Waals surface area contributed by atoms with Crippen LogP contribution in [0.3, 0.4) is 0 Å². The molecule has 4 saturated carbocycles. The number of hydrogen-bond donors (Lipinski definition) is 8. The van der Waals surface area contributed by atoms with Gasteiger partial charge in [0, 0.05) is 5.41 Å². The topological polar surface area (TPSA) is 242 Å². The van der Waals surface area contributed by atoms with Gasteiger partial charge in [-0.25, -0.2) is 0 Å². The average Bonchev–Trinajstić information content (AvgIpc) is 3.19. The highest BCUT2D eigenvalue weighted by molar-refractivity contribution is 5.81. The van der Waals surface area contributed by atoms with Crippen molar-refractivity contribution in [2.75, 3.05) is 26.9 Å². The van der Waals surface area contributed by atoms with Gasteiger partial charge in [0.2, 0.25) is 6.29 Å². The summed E-state index contributed by atoms with van der Waals surface area (Å²) < 4.78 is 28.9. The lowest BCUT2D eigenvalue weighted by atomic mass is 9.33. The van der Waals surface area contributed by atoms with Crippen molar-refractivity contribution in [3.8, 4) is 0 Å². The number of aliphatic hydroxyl groups excluding tert-OH is 8. The molecule has 2 saturated heterocycles. The molecule has 2 heterocycles. The zero-order chi connectivity index (χ0) is 41.7. The maximum Gasteiger partial charge on any atom is 0.315 e. The van der Waals surface area contributed by atoms with Gasteiger partial charge in [-0.15, -0.1) is 0 Å². The molecule has 0 spiro atoms. The normalized spacial score (nSPS) is 53.6. The molecule has 57 heavy (non-hydrogen) atoms. The van der Waals surface area contributed by atoms with Crippen LogP contribution in [-0.2, 0) is 33.3 Å². The molecule has 0 aromatic rings. The van der Waals surface area contributed by atoms with Crippen molar-refractivity contribution in [3.63, 3.8) is 0 Å². The Morgan fingerprint density at radius 3 is 2.14 bits per heavy atom. The average molecular weight is 811 g/mol. The predicted molar refractivity (Wildman–Crippen MR) is 199 cm³/mol. The highest BCUT2D eigenvalue weighted by Crippen LogP contribution is 2.76. The van der Waals surface area contributed by atoms with E-state index in [0.717, 1.165) is 24.8 Å². The van der Waals surface area contributed by atoms with Gasteiger partial charge in [-0.05, 0) is 105 Å². The van der Waals surface area contributed by atoms with E-state index < -0.39 is 102 Å². The SMILES string of the molecule is COC(=O)[C@]1(C)CC[C@]2(C(=O)O[C@@H]3O[C@H](CO)[C@@H](O)[C@H](O)[C@H]3O)CC[C@]3(C)C(=CC[C@@H]4[C@@]5(C)CC[C@@H](O[C@@H]6OC[C@H](O)[C@H](O)[C@H]6O)[C@@](C)(CO)[C@H]5CC[C@@]43C)[C@H]2C1. The van der Waals surface area contributed by atoms with E-state index in [1.165, 1.54) is 7.11 Å². The number of methoxy groups -OCH3 is 1. The van der Waals surface area contributed by atoms with Gasteiger partial charge in [0.25, 0.3) is 0 Å². The van der Waals surface area contributed by atoms with E-state index in [1.807, 2.05) is 13.8 Å². The summed E-state index contributed by atoms with van der Waals surface area (Å²) in [6.45, 7) is 9.94. The van der Waals surface area contributed by atoms with Crippen LogP contribution in [0.1, 0.15) is 98.8 Å². The molecule has 7 rings (SSSR count). The van der Waals surface area contributed by atoms with Crippen LogP contribution >= 0.6 is 0 Å². The van der Waals surface area contributed by atoms with E-state index in [4.69, 9.17) is 23.7 Å². The minimum Gasteiger partial charge on any atom is -0.469 e. The Kier molecular flexibility index (Phi) is 11.4. The van der Waals surface area contributed by atoms with Gasteiger partial charge >= 0.3 is 11.9 Å². The van der Waals surface area contributed by atoms with Crippen LogP contribution in [-0.4, -0.2) is 141 Å². The second kappa shape index (κ2) is 15.0. The van der Waals surface area contributed by atoms with E-state index in [0.29, 0.717) is 44.9 Å². The van der Waals surface area contributed by atoms with Crippen LogP contribution in [0.15, 0.2) is 11.6 Å². The number of esters is 2. The molecule has 0 radical (unpaired) electrons. The maximum atomic E-state index is 14.7. The van der Waals surface area contributed by atoms with E-state index in [-0.39, 0.29) is 41.8 Å². The largest absolute Gasteiger partial charge is 0.469 e. The first-order valence-electron chi connectivity index (χ1n) is 20.9. The Bertz CT molecular complexity index is 1570. The number of aliphatic hydroxyl groups is 8. The van der Waals surface area contributed by atoms with Gasteiger partial charge in [0.1, 0.15) is 42.7 Å². The summed E-state index contributed by atoms with van der Waals surface area (Å²) in [4.78, 5) is 28.1. The van der Waals surface area contributed by atoms with E-state index >= 15 is 0 Å². The smallest absolute Gasteiger partial charge is 0.315 e. The fourth-order valence-corrected chi connectivity index (χ4v) is 13.6. The number of carbonyl (C=O) groups is 2. The fraction of sp³-hybridized carbons (Fsp3) is 0.905. The predicted octanol–water partition coefficient (Wildman–Crippen LogP) is 1.08. The molecule has 0 aromatic carbocycles. The Hall–Kier alpha value is -1.76. The molecule has 324 valence electrons. The number of carbonyl (C=O) groups excluding carboxylic acids is 2.